The first-order chi connectivity index (χ1) is 17.1. The van der Waals surface area contributed by atoms with Crippen LogP contribution in [0.1, 0.15) is 46.8 Å². The van der Waals surface area contributed by atoms with Crippen LogP contribution in [0.3, 0.4) is 0 Å². The molecule has 186 valence electrons. The number of rotatable bonds is 9. The Kier molecular flexibility index (Phi) is 8.86. The van der Waals surface area contributed by atoms with Crippen molar-refractivity contribution in [2.75, 3.05) is 51.3 Å². The Morgan fingerprint density at radius 3 is 2.66 bits per heavy atom. The number of nitrogens with one attached hydrogen (secondary N) is 1. The standard InChI is InChI=1S/C27H34N4O4/c1-2-3-14-35-26(32)20-30-11-10-22-8-9-25(17-24(22)19-30)29-27(33)23-6-4-21(5-7-23)18-28-31-12-15-34-16-13-31/h4-9,17-18H,2-3,10-16,19-20H2,1H3,(H,29,33)/b28-18+. The third-order valence-electron chi connectivity index (χ3n) is 6.20. The minimum Gasteiger partial charge on any atom is -0.465 e. The maximum Gasteiger partial charge on any atom is 0.320 e. The summed E-state index contributed by atoms with van der Waals surface area (Å²) in [6.45, 7) is 7.31. The van der Waals surface area contributed by atoms with Gasteiger partial charge >= 0.3 is 5.97 Å². The molecule has 0 aromatic heterocycles. The third-order valence-corrected chi connectivity index (χ3v) is 6.20. The highest BCUT2D eigenvalue weighted by Crippen LogP contribution is 2.23. The second-order valence-corrected chi connectivity index (χ2v) is 8.90. The summed E-state index contributed by atoms with van der Waals surface area (Å²) < 4.78 is 10.6. The maximum absolute atomic E-state index is 12.8. The number of morpholine rings is 1. The van der Waals surface area contributed by atoms with Gasteiger partial charge in [-0.25, -0.2) is 0 Å². The first-order valence-corrected chi connectivity index (χ1v) is 12.4. The summed E-state index contributed by atoms with van der Waals surface area (Å²) in [5, 5.41) is 9.45. The molecule has 0 unspecified atom stereocenters. The lowest BCUT2D eigenvalue weighted by Gasteiger charge is -2.28. The van der Waals surface area contributed by atoms with E-state index in [1.165, 1.54) is 5.56 Å². The molecule has 8 nitrogen and oxygen atoms in total. The van der Waals surface area contributed by atoms with Crippen molar-refractivity contribution in [2.24, 2.45) is 5.10 Å². The lowest BCUT2D eigenvalue weighted by molar-refractivity contribution is -0.145. The summed E-state index contributed by atoms with van der Waals surface area (Å²) in [6, 6.07) is 13.4. The van der Waals surface area contributed by atoms with Gasteiger partial charge in [0.25, 0.3) is 5.91 Å². The minimum absolute atomic E-state index is 0.159. The van der Waals surface area contributed by atoms with Crippen LogP contribution in [0.15, 0.2) is 47.6 Å². The third kappa shape index (κ3) is 7.37. The molecule has 0 saturated carbocycles. The van der Waals surface area contributed by atoms with Crippen molar-refractivity contribution in [3.63, 3.8) is 0 Å². The maximum atomic E-state index is 12.8. The number of esters is 1. The molecule has 35 heavy (non-hydrogen) atoms. The van der Waals surface area contributed by atoms with Crippen molar-refractivity contribution in [1.82, 2.24) is 9.91 Å². The number of benzene rings is 2. The van der Waals surface area contributed by atoms with E-state index in [4.69, 9.17) is 9.47 Å². The monoisotopic (exact) mass is 478 g/mol. The molecule has 0 aliphatic carbocycles. The number of carbonyl (C=O) groups excluding carboxylic acids is 2. The summed E-state index contributed by atoms with van der Waals surface area (Å²) in [4.78, 5) is 27.0. The van der Waals surface area contributed by atoms with Crippen LogP contribution >= 0.6 is 0 Å². The van der Waals surface area contributed by atoms with E-state index in [1.54, 1.807) is 12.1 Å². The van der Waals surface area contributed by atoms with E-state index in [0.717, 1.165) is 55.7 Å². The van der Waals surface area contributed by atoms with Gasteiger partial charge in [0.05, 0.1) is 45.7 Å². The molecule has 1 saturated heterocycles. The number of hydrazone groups is 1. The SMILES string of the molecule is CCCCOC(=O)CN1CCc2ccc(NC(=O)c3ccc(/C=N/N4CCOCC4)cc3)cc2C1. The van der Waals surface area contributed by atoms with Crippen molar-refractivity contribution in [3.8, 4) is 0 Å². The van der Waals surface area contributed by atoms with E-state index in [0.29, 0.717) is 38.5 Å². The molecule has 2 heterocycles. The summed E-state index contributed by atoms with van der Waals surface area (Å²) in [6.07, 6.45) is 4.58. The average Bonchev–Trinajstić information content (AvgIpc) is 2.88. The molecular weight excluding hydrogens is 444 g/mol. The van der Waals surface area contributed by atoms with Crippen molar-refractivity contribution < 1.29 is 19.1 Å². The molecule has 8 heteroatoms. The largest absolute Gasteiger partial charge is 0.465 e. The molecule has 0 spiro atoms. The fourth-order valence-corrected chi connectivity index (χ4v) is 4.13. The number of fused-ring (bicyclic) bond motifs is 1. The molecule has 0 radical (unpaired) electrons. The number of ether oxygens (including phenoxy) is 2. The average molecular weight is 479 g/mol. The van der Waals surface area contributed by atoms with Crippen molar-refractivity contribution in [3.05, 3.63) is 64.7 Å². The van der Waals surface area contributed by atoms with E-state index in [2.05, 4.69) is 28.3 Å². The van der Waals surface area contributed by atoms with Gasteiger partial charge in [0.1, 0.15) is 0 Å². The van der Waals surface area contributed by atoms with Gasteiger partial charge in [-0.1, -0.05) is 31.5 Å². The van der Waals surface area contributed by atoms with Crippen LogP contribution in [0.2, 0.25) is 0 Å². The van der Waals surface area contributed by atoms with Crippen LogP contribution in [0.4, 0.5) is 5.69 Å². The number of amides is 1. The summed E-state index contributed by atoms with van der Waals surface area (Å²) in [5.41, 5.74) is 4.66. The van der Waals surface area contributed by atoms with Crippen LogP contribution < -0.4 is 5.32 Å². The highest BCUT2D eigenvalue weighted by Gasteiger charge is 2.20. The Morgan fingerprint density at radius 1 is 1.09 bits per heavy atom. The Balaban J connectivity index is 1.31. The fraction of sp³-hybridized carbons (Fsp3) is 0.444. The van der Waals surface area contributed by atoms with Gasteiger partial charge < -0.3 is 14.8 Å². The van der Waals surface area contributed by atoms with Crippen LogP contribution in [0.5, 0.6) is 0 Å². The number of hydrogen-bond acceptors (Lipinski definition) is 7. The topological polar surface area (TPSA) is 83.5 Å². The number of nitrogens with zero attached hydrogens (tertiary/aromatic N) is 3. The molecule has 1 fully saturated rings. The highest BCUT2D eigenvalue weighted by molar-refractivity contribution is 6.04. The van der Waals surface area contributed by atoms with Crippen LogP contribution in [-0.2, 0) is 27.2 Å². The molecule has 2 aromatic carbocycles. The molecular formula is C27H34N4O4. The first kappa shape index (κ1) is 24.9. The fourth-order valence-electron chi connectivity index (χ4n) is 4.13. The number of hydrogen-bond donors (Lipinski definition) is 1. The summed E-state index contributed by atoms with van der Waals surface area (Å²) in [7, 11) is 0. The lowest BCUT2D eigenvalue weighted by Crippen LogP contribution is -2.35. The van der Waals surface area contributed by atoms with E-state index in [9.17, 15) is 9.59 Å². The second-order valence-electron chi connectivity index (χ2n) is 8.90. The normalized spacial score (nSPS) is 16.2. The van der Waals surface area contributed by atoms with Gasteiger partial charge in [-0.3, -0.25) is 19.5 Å². The number of unbranched alkanes of at least 4 members (excludes halogenated alkanes) is 1. The molecule has 2 aromatic rings. The zero-order chi connectivity index (χ0) is 24.5. The number of carbonyl (C=O) groups is 2. The van der Waals surface area contributed by atoms with Crippen molar-refractivity contribution >= 4 is 23.8 Å². The van der Waals surface area contributed by atoms with Gasteiger partial charge in [0, 0.05) is 24.3 Å². The highest BCUT2D eigenvalue weighted by atomic mass is 16.5. The molecule has 4 rings (SSSR count). The number of anilines is 1. The molecule has 2 aliphatic heterocycles. The Labute approximate surface area is 206 Å². The van der Waals surface area contributed by atoms with Gasteiger partial charge in [-0.15, -0.1) is 0 Å². The van der Waals surface area contributed by atoms with E-state index in [-0.39, 0.29) is 11.9 Å². The first-order valence-electron chi connectivity index (χ1n) is 12.4. The smallest absolute Gasteiger partial charge is 0.320 e. The van der Waals surface area contributed by atoms with Gasteiger partial charge in [-0.2, -0.15) is 5.10 Å². The van der Waals surface area contributed by atoms with Gasteiger partial charge in [-0.05, 0) is 53.8 Å². The summed E-state index contributed by atoms with van der Waals surface area (Å²) >= 11 is 0. The van der Waals surface area contributed by atoms with E-state index in [1.807, 2.05) is 35.5 Å². The van der Waals surface area contributed by atoms with Gasteiger partial charge in [0.2, 0.25) is 0 Å². The molecule has 1 amide bonds. The zero-order valence-electron chi connectivity index (χ0n) is 20.4. The van der Waals surface area contributed by atoms with Crippen molar-refractivity contribution in [1.29, 1.82) is 0 Å². The Bertz CT molecular complexity index is 1030. The second kappa shape index (κ2) is 12.5. The lowest BCUT2D eigenvalue weighted by atomic mass is 9.99. The molecule has 1 N–H and O–H groups in total. The van der Waals surface area contributed by atoms with Crippen LogP contribution in [-0.4, -0.2) is 74.0 Å². The Morgan fingerprint density at radius 2 is 1.89 bits per heavy atom. The predicted octanol–water partition coefficient (Wildman–Crippen LogP) is 3.31. The molecule has 0 bridgehead atoms. The Hall–Kier alpha value is -3.23. The zero-order valence-corrected chi connectivity index (χ0v) is 20.4. The minimum atomic E-state index is -0.176. The van der Waals surface area contributed by atoms with E-state index >= 15 is 0 Å². The van der Waals surface area contributed by atoms with Crippen LogP contribution in [0, 0.1) is 0 Å². The predicted molar refractivity (Wildman–Crippen MR) is 136 cm³/mol. The molecule has 2 aliphatic rings. The molecule has 0 atom stereocenters. The van der Waals surface area contributed by atoms with E-state index < -0.39 is 0 Å². The quantitative estimate of drug-likeness (QED) is 0.338. The van der Waals surface area contributed by atoms with Crippen LogP contribution in [0.25, 0.3) is 0 Å². The summed E-state index contributed by atoms with van der Waals surface area (Å²) in [5.74, 6) is -0.335. The van der Waals surface area contributed by atoms with Gasteiger partial charge in [0.15, 0.2) is 0 Å². The van der Waals surface area contributed by atoms with Crippen molar-refractivity contribution in [2.45, 2.75) is 32.7 Å².